The summed E-state index contributed by atoms with van der Waals surface area (Å²) in [7, 11) is 0. The number of halogens is 3. The van der Waals surface area contributed by atoms with E-state index >= 15 is 0 Å². The fourth-order valence-electron chi connectivity index (χ4n) is 4.68. The average Bonchev–Trinajstić information content (AvgIpc) is 2.80. The Hall–Kier alpha value is -3.41. The highest BCUT2D eigenvalue weighted by Gasteiger charge is 2.32. The number of rotatable bonds is 7. The van der Waals surface area contributed by atoms with E-state index in [4.69, 9.17) is 0 Å². The second-order valence-electron chi connectivity index (χ2n) is 9.28. The summed E-state index contributed by atoms with van der Waals surface area (Å²) >= 11 is 0. The van der Waals surface area contributed by atoms with Gasteiger partial charge in [0, 0.05) is 31.2 Å². The highest BCUT2D eigenvalue weighted by atomic mass is 19.4. The summed E-state index contributed by atoms with van der Waals surface area (Å²) in [5.41, 5.74) is 4.97. The van der Waals surface area contributed by atoms with Crippen LogP contribution in [0.5, 0.6) is 5.75 Å². The van der Waals surface area contributed by atoms with Crippen molar-refractivity contribution in [3.63, 3.8) is 0 Å². The van der Waals surface area contributed by atoms with Gasteiger partial charge in [0.1, 0.15) is 17.3 Å². The summed E-state index contributed by atoms with van der Waals surface area (Å²) in [4.78, 5) is 24.2. The van der Waals surface area contributed by atoms with Crippen molar-refractivity contribution >= 4 is 11.6 Å². The first-order chi connectivity index (χ1) is 16.6. The Kier molecular flexibility index (Phi) is 7.10. The van der Waals surface area contributed by atoms with E-state index in [1.54, 1.807) is 0 Å². The molecule has 0 atom stereocenters. The van der Waals surface area contributed by atoms with Crippen LogP contribution in [0, 0.1) is 6.92 Å². The molecule has 0 amide bonds. The Labute approximate surface area is 202 Å². The van der Waals surface area contributed by atoms with Crippen molar-refractivity contribution < 1.29 is 27.9 Å². The van der Waals surface area contributed by atoms with Crippen molar-refractivity contribution in [2.24, 2.45) is 0 Å². The van der Waals surface area contributed by atoms with Crippen molar-refractivity contribution in [1.29, 1.82) is 0 Å². The molecule has 1 N–H and O–H groups in total. The average molecular weight is 481 g/mol. The number of phenolic OH excluding ortho intramolecular Hbond substituents is 1. The second kappa shape index (κ2) is 10.1. The zero-order valence-corrected chi connectivity index (χ0v) is 19.5. The number of hydrogen-bond donors (Lipinski definition) is 1. The molecule has 1 aliphatic rings. The summed E-state index contributed by atoms with van der Waals surface area (Å²) in [6, 6.07) is 15.8. The Balaban J connectivity index is 1.37. The van der Waals surface area contributed by atoms with Gasteiger partial charge >= 0.3 is 6.18 Å². The molecular weight excluding hydrogens is 453 g/mol. The summed E-state index contributed by atoms with van der Waals surface area (Å²) < 4.78 is 39.2. The zero-order valence-electron chi connectivity index (χ0n) is 19.5. The summed E-state index contributed by atoms with van der Waals surface area (Å²) in [6.45, 7) is 1.39. The second-order valence-corrected chi connectivity index (χ2v) is 9.28. The number of aryl methyl sites for hydroxylation is 2. The molecule has 3 nitrogen and oxygen atoms in total. The minimum Gasteiger partial charge on any atom is -0.507 e. The van der Waals surface area contributed by atoms with E-state index in [1.807, 2.05) is 36.4 Å². The van der Waals surface area contributed by atoms with E-state index in [2.05, 4.69) is 6.07 Å². The number of Topliss-reactive ketones (excluding diaryl/α,β-unsaturated/α-hetero) is 2. The van der Waals surface area contributed by atoms with Crippen molar-refractivity contribution in [2.45, 2.75) is 58.0 Å². The van der Waals surface area contributed by atoms with Crippen LogP contribution in [0.25, 0.3) is 0 Å². The SMILES string of the molecule is Cc1cc(C(F)(F)F)cc(CC(=O)CCc2ccc(Cc3cccc4c3CCC(=O)C4)cc2)c1O. The monoisotopic (exact) mass is 480 g/mol. The van der Waals surface area contributed by atoms with Gasteiger partial charge in [0.25, 0.3) is 0 Å². The maximum Gasteiger partial charge on any atom is 0.416 e. The Morgan fingerprint density at radius 1 is 0.971 bits per heavy atom. The molecule has 35 heavy (non-hydrogen) atoms. The van der Waals surface area contributed by atoms with E-state index in [9.17, 15) is 27.9 Å². The number of phenols is 1. The number of carbonyl (C=O) groups excluding carboxylic acids is 2. The Morgan fingerprint density at radius 2 is 1.69 bits per heavy atom. The van der Waals surface area contributed by atoms with Crippen LogP contribution in [-0.2, 0) is 47.9 Å². The quantitative estimate of drug-likeness (QED) is 0.444. The van der Waals surface area contributed by atoms with Crippen molar-refractivity contribution in [3.05, 3.63) is 99.1 Å². The lowest BCUT2D eigenvalue weighted by Crippen LogP contribution is -2.15. The molecule has 0 saturated heterocycles. The number of alkyl halides is 3. The summed E-state index contributed by atoms with van der Waals surface area (Å²) in [5.74, 6) is -0.205. The lowest BCUT2D eigenvalue weighted by Gasteiger charge is -2.19. The first kappa shape index (κ1) is 24.7. The maximum atomic E-state index is 13.1. The third-order valence-corrected chi connectivity index (χ3v) is 6.62. The molecule has 6 heteroatoms. The summed E-state index contributed by atoms with van der Waals surface area (Å²) in [6.07, 6.45) is -1.47. The maximum absolute atomic E-state index is 13.1. The van der Waals surface area contributed by atoms with E-state index in [0.29, 0.717) is 19.3 Å². The van der Waals surface area contributed by atoms with E-state index in [-0.39, 0.29) is 41.3 Å². The van der Waals surface area contributed by atoms with E-state index < -0.39 is 11.7 Å². The number of fused-ring (bicyclic) bond motifs is 1. The molecule has 4 rings (SSSR count). The molecule has 1 aliphatic carbocycles. The molecule has 0 bridgehead atoms. The lowest BCUT2D eigenvalue weighted by atomic mass is 9.85. The lowest BCUT2D eigenvalue weighted by molar-refractivity contribution is -0.137. The fourth-order valence-corrected chi connectivity index (χ4v) is 4.68. The first-order valence-corrected chi connectivity index (χ1v) is 11.7. The molecule has 3 aromatic carbocycles. The van der Waals surface area contributed by atoms with Crippen LogP contribution >= 0.6 is 0 Å². The number of benzene rings is 3. The van der Waals surface area contributed by atoms with Crippen molar-refractivity contribution in [2.75, 3.05) is 0 Å². The first-order valence-electron chi connectivity index (χ1n) is 11.7. The molecule has 0 heterocycles. The third kappa shape index (κ3) is 5.99. The van der Waals surface area contributed by atoms with Gasteiger partial charge in [-0.2, -0.15) is 13.2 Å². The highest BCUT2D eigenvalue weighted by Crippen LogP contribution is 2.35. The molecule has 182 valence electrons. The van der Waals surface area contributed by atoms with Crippen molar-refractivity contribution in [3.8, 4) is 5.75 Å². The minimum atomic E-state index is -4.53. The van der Waals surface area contributed by atoms with Gasteiger partial charge in [0.05, 0.1) is 5.56 Å². The van der Waals surface area contributed by atoms with Crippen LogP contribution in [-0.4, -0.2) is 16.7 Å². The topological polar surface area (TPSA) is 54.4 Å². The van der Waals surface area contributed by atoms with Gasteiger partial charge in [-0.3, -0.25) is 9.59 Å². The molecule has 0 radical (unpaired) electrons. The van der Waals surface area contributed by atoms with Crippen LogP contribution in [0.1, 0.15) is 57.3 Å². The standard InChI is InChI=1S/C29H27F3O3/c1-18-13-24(29(30,31)32)15-23(28(18)35)17-25(33)10-9-19-5-7-20(8-6-19)14-21-3-2-4-22-16-26(34)11-12-27(21)22/h2-8,13,15,35H,9-12,14,16-17H2,1H3. The zero-order chi connectivity index (χ0) is 25.2. The van der Waals surface area contributed by atoms with Gasteiger partial charge in [0.15, 0.2) is 0 Å². The number of aromatic hydroxyl groups is 1. The predicted octanol–water partition coefficient (Wildman–Crippen LogP) is 6.11. The largest absolute Gasteiger partial charge is 0.507 e. The van der Waals surface area contributed by atoms with Crippen LogP contribution in [0.4, 0.5) is 13.2 Å². The molecule has 0 spiro atoms. The van der Waals surface area contributed by atoms with Gasteiger partial charge in [-0.05, 0) is 71.7 Å². The van der Waals surface area contributed by atoms with E-state index in [0.717, 1.165) is 41.7 Å². The minimum absolute atomic E-state index is 0.00515. The van der Waals surface area contributed by atoms with E-state index in [1.165, 1.54) is 18.1 Å². The normalized spacial score (nSPS) is 13.5. The third-order valence-electron chi connectivity index (χ3n) is 6.62. The summed E-state index contributed by atoms with van der Waals surface area (Å²) in [5, 5.41) is 10.1. The molecule has 3 aromatic rings. The molecular formula is C29H27F3O3. The predicted molar refractivity (Wildman–Crippen MR) is 128 cm³/mol. The van der Waals surface area contributed by atoms with Gasteiger partial charge in [-0.25, -0.2) is 0 Å². The Morgan fingerprint density at radius 3 is 2.40 bits per heavy atom. The van der Waals surface area contributed by atoms with Gasteiger partial charge < -0.3 is 5.11 Å². The number of ketones is 2. The van der Waals surface area contributed by atoms with Crippen LogP contribution in [0.3, 0.4) is 0 Å². The molecule has 0 fully saturated rings. The molecule has 0 aromatic heterocycles. The molecule has 0 aliphatic heterocycles. The smallest absolute Gasteiger partial charge is 0.416 e. The highest BCUT2D eigenvalue weighted by molar-refractivity contribution is 5.83. The number of hydrogen-bond acceptors (Lipinski definition) is 3. The number of carbonyl (C=O) groups is 2. The van der Waals surface area contributed by atoms with Gasteiger partial charge in [-0.15, -0.1) is 0 Å². The van der Waals surface area contributed by atoms with Crippen LogP contribution in [0.15, 0.2) is 54.6 Å². The van der Waals surface area contributed by atoms with Crippen molar-refractivity contribution in [1.82, 2.24) is 0 Å². The fraction of sp³-hybridized carbons (Fsp3) is 0.310. The molecule has 0 unspecified atom stereocenters. The Bertz CT molecular complexity index is 1260. The van der Waals surface area contributed by atoms with Gasteiger partial charge in [0.2, 0.25) is 0 Å². The van der Waals surface area contributed by atoms with Crippen LogP contribution < -0.4 is 0 Å². The van der Waals surface area contributed by atoms with Gasteiger partial charge in [-0.1, -0.05) is 42.5 Å². The van der Waals surface area contributed by atoms with Crippen LogP contribution in [0.2, 0.25) is 0 Å². The molecule has 0 saturated carbocycles.